The van der Waals surface area contributed by atoms with E-state index in [9.17, 15) is 4.79 Å². The van der Waals surface area contributed by atoms with E-state index in [0.29, 0.717) is 18.1 Å². The molecule has 6 heteroatoms. The predicted molar refractivity (Wildman–Crippen MR) is 110 cm³/mol. The topological polar surface area (TPSA) is 77.2 Å². The molecule has 0 aliphatic rings. The second-order valence-corrected chi connectivity index (χ2v) is 6.67. The van der Waals surface area contributed by atoms with Gasteiger partial charge in [0, 0.05) is 24.2 Å². The van der Waals surface area contributed by atoms with E-state index >= 15 is 0 Å². The summed E-state index contributed by atoms with van der Waals surface area (Å²) < 4.78 is 11.0. The summed E-state index contributed by atoms with van der Waals surface area (Å²) >= 11 is 0. The second-order valence-electron chi connectivity index (χ2n) is 6.67. The maximum atomic E-state index is 12.2. The first-order chi connectivity index (χ1) is 14.3. The molecule has 0 saturated carbocycles. The third kappa shape index (κ3) is 4.99. The van der Waals surface area contributed by atoms with Gasteiger partial charge in [-0.25, -0.2) is 0 Å². The highest BCUT2D eigenvalue weighted by molar-refractivity contribution is 5.92. The van der Waals surface area contributed by atoms with Crippen LogP contribution >= 0.6 is 0 Å². The van der Waals surface area contributed by atoms with E-state index in [0.717, 1.165) is 23.7 Å². The lowest BCUT2D eigenvalue weighted by atomic mass is 10.1. The van der Waals surface area contributed by atoms with E-state index in [4.69, 9.17) is 9.26 Å². The molecule has 2 heterocycles. The highest BCUT2D eigenvalue weighted by Gasteiger charge is 2.12. The van der Waals surface area contributed by atoms with Crippen molar-refractivity contribution in [2.45, 2.75) is 19.4 Å². The van der Waals surface area contributed by atoms with Crippen LogP contribution in [0.3, 0.4) is 0 Å². The number of fused-ring (bicyclic) bond motifs is 1. The van der Waals surface area contributed by atoms with Gasteiger partial charge in [0.1, 0.15) is 12.4 Å². The van der Waals surface area contributed by atoms with E-state index in [1.165, 1.54) is 5.56 Å². The normalized spacial score (nSPS) is 10.8. The summed E-state index contributed by atoms with van der Waals surface area (Å²) in [7, 11) is 0. The summed E-state index contributed by atoms with van der Waals surface area (Å²) in [6.45, 7) is 0.775. The smallest absolute Gasteiger partial charge is 0.273 e. The van der Waals surface area contributed by atoms with Gasteiger partial charge in [-0.1, -0.05) is 41.6 Å². The molecule has 4 aromatic rings. The van der Waals surface area contributed by atoms with Crippen molar-refractivity contribution in [1.82, 2.24) is 15.5 Å². The minimum Gasteiger partial charge on any atom is -0.486 e. The molecule has 0 spiro atoms. The van der Waals surface area contributed by atoms with Gasteiger partial charge in [-0.15, -0.1) is 0 Å². The minimum atomic E-state index is -0.246. The first-order valence-electron chi connectivity index (χ1n) is 9.53. The van der Waals surface area contributed by atoms with Gasteiger partial charge in [0.2, 0.25) is 0 Å². The van der Waals surface area contributed by atoms with E-state index in [1.54, 1.807) is 12.3 Å². The van der Waals surface area contributed by atoms with Crippen LogP contribution in [0, 0.1) is 0 Å². The van der Waals surface area contributed by atoms with Gasteiger partial charge in [0.05, 0.1) is 5.52 Å². The van der Waals surface area contributed by atoms with Gasteiger partial charge in [-0.3, -0.25) is 9.78 Å². The molecule has 2 aromatic carbocycles. The molecule has 2 aromatic heterocycles. The van der Waals surface area contributed by atoms with Crippen molar-refractivity contribution in [3.63, 3.8) is 0 Å². The fourth-order valence-corrected chi connectivity index (χ4v) is 3.02. The number of carbonyl (C=O) groups excluding carboxylic acids is 1. The predicted octanol–water partition coefficient (Wildman–Crippen LogP) is 4.16. The number of aryl methyl sites for hydroxylation is 1. The summed E-state index contributed by atoms with van der Waals surface area (Å²) in [6, 6.07) is 21.3. The van der Waals surface area contributed by atoms with Gasteiger partial charge in [-0.2, -0.15) is 0 Å². The van der Waals surface area contributed by atoms with Gasteiger partial charge < -0.3 is 14.6 Å². The first-order valence-corrected chi connectivity index (χ1v) is 9.53. The summed E-state index contributed by atoms with van der Waals surface area (Å²) in [5.74, 6) is 0.948. The maximum Gasteiger partial charge on any atom is 0.273 e. The fraction of sp³-hybridized carbons (Fsp3) is 0.174. The third-order valence-electron chi connectivity index (χ3n) is 4.52. The number of benzene rings is 2. The van der Waals surface area contributed by atoms with Crippen LogP contribution in [0.4, 0.5) is 0 Å². The Balaban J connectivity index is 1.25. The van der Waals surface area contributed by atoms with Crippen LogP contribution < -0.4 is 10.1 Å². The minimum absolute atomic E-state index is 0.194. The Kier molecular flexibility index (Phi) is 5.81. The van der Waals surface area contributed by atoms with Gasteiger partial charge in [-0.05, 0) is 42.7 Å². The molecule has 0 bridgehead atoms. The quantitative estimate of drug-likeness (QED) is 0.459. The van der Waals surface area contributed by atoms with Crippen LogP contribution in [0.25, 0.3) is 10.9 Å². The zero-order valence-corrected chi connectivity index (χ0v) is 15.9. The summed E-state index contributed by atoms with van der Waals surface area (Å²) in [6.07, 6.45) is 3.53. The number of ether oxygens (including phenoxy) is 1. The summed E-state index contributed by atoms with van der Waals surface area (Å²) in [5.41, 5.74) is 2.42. The number of nitrogens with zero attached hydrogens (tertiary/aromatic N) is 2. The first kappa shape index (κ1) is 18.7. The zero-order chi connectivity index (χ0) is 19.9. The van der Waals surface area contributed by atoms with Crippen LogP contribution in [-0.2, 0) is 13.0 Å². The lowest BCUT2D eigenvalue weighted by molar-refractivity contribution is 0.0944. The van der Waals surface area contributed by atoms with E-state index in [1.807, 2.05) is 48.5 Å². The number of amides is 1. The van der Waals surface area contributed by atoms with Crippen molar-refractivity contribution in [3.8, 4) is 5.75 Å². The largest absolute Gasteiger partial charge is 0.486 e. The van der Waals surface area contributed by atoms with Crippen molar-refractivity contribution < 1.29 is 14.1 Å². The molecule has 6 nitrogen and oxygen atoms in total. The Morgan fingerprint density at radius 3 is 2.83 bits per heavy atom. The number of aromatic nitrogens is 2. The molecule has 0 radical (unpaired) electrons. The highest BCUT2D eigenvalue weighted by Crippen LogP contribution is 2.20. The van der Waals surface area contributed by atoms with Crippen molar-refractivity contribution in [3.05, 3.63) is 89.9 Å². The molecule has 4 rings (SSSR count). The summed E-state index contributed by atoms with van der Waals surface area (Å²) in [5, 5.41) is 7.70. The van der Waals surface area contributed by atoms with Crippen molar-refractivity contribution in [2.75, 3.05) is 6.54 Å². The Morgan fingerprint density at radius 2 is 1.93 bits per heavy atom. The SMILES string of the molecule is O=C(NCCCc1ccccc1)c1cc(COc2ccc3ncccc3c2)on1. The Labute approximate surface area is 168 Å². The van der Waals surface area contributed by atoms with Crippen LogP contribution in [0.1, 0.15) is 28.2 Å². The molecule has 0 aliphatic heterocycles. The van der Waals surface area contributed by atoms with Gasteiger partial charge in [0.25, 0.3) is 5.91 Å². The number of hydrogen-bond acceptors (Lipinski definition) is 5. The zero-order valence-electron chi connectivity index (χ0n) is 15.9. The number of hydrogen-bond donors (Lipinski definition) is 1. The lowest BCUT2D eigenvalue weighted by Crippen LogP contribution is -2.25. The number of carbonyl (C=O) groups is 1. The van der Waals surface area contributed by atoms with Gasteiger partial charge in [0.15, 0.2) is 11.5 Å². The number of pyridine rings is 1. The third-order valence-corrected chi connectivity index (χ3v) is 4.52. The number of rotatable bonds is 8. The lowest BCUT2D eigenvalue weighted by Gasteiger charge is -2.04. The molecule has 0 aliphatic carbocycles. The highest BCUT2D eigenvalue weighted by atomic mass is 16.5. The molecule has 1 N–H and O–H groups in total. The monoisotopic (exact) mass is 387 g/mol. The second kappa shape index (κ2) is 9.01. The Morgan fingerprint density at radius 1 is 1.03 bits per heavy atom. The molecule has 29 heavy (non-hydrogen) atoms. The summed E-state index contributed by atoms with van der Waals surface area (Å²) in [4.78, 5) is 16.5. The van der Waals surface area contributed by atoms with Gasteiger partial charge >= 0.3 is 0 Å². The molecule has 0 fully saturated rings. The molecular formula is C23H21N3O3. The van der Waals surface area contributed by atoms with E-state index in [-0.39, 0.29) is 18.2 Å². The van der Waals surface area contributed by atoms with Crippen LogP contribution in [0.2, 0.25) is 0 Å². The van der Waals surface area contributed by atoms with Crippen LogP contribution in [0.5, 0.6) is 5.75 Å². The van der Waals surface area contributed by atoms with E-state index < -0.39 is 0 Å². The Hall–Kier alpha value is -3.67. The Bertz CT molecular complexity index is 1090. The van der Waals surface area contributed by atoms with Crippen molar-refractivity contribution >= 4 is 16.8 Å². The molecule has 0 saturated heterocycles. The van der Waals surface area contributed by atoms with Crippen LogP contribution in [0.15, 0.2) is 77.4 Å². The standard InChI is InChI=1S/C23H21N3O3/c27-23(25-13-4-8-17-6-2-1-3-7-17)22-15-20(29-26-22)16-28-19-10-11-21-18(14-19)9-5-12-24-21/h1-3,5-7,9-12,14-15H,4,8,13,16H2,(H,25,27). The molecule has 146 valence electrons. The molecule has 0 unspecified atom stereocenters. The molecule has 1 amide bonds. The molecule has 0 atom stereocenters. The number of nitrogens with one attached hydrogen (secondary N) is 1. The van der Waals surface area contributed by atoms with E-state index in [2.05, 4.69) is 27.6 Å². The maximum absolute atomic E-state index is 12.2. The van der Waals surface area contributed by atoms with Crippen LogP contribution in [-0.4, -0.2) is 22.6 Å². The molecular weight excluding hydrogens is 366 g/mol. The van der Waals surface area contributed by atoms with Crippen molar-refractivity contribution in [1.29, 1.82) is 0 Å². The average molecular weight is 387 g/mol. The van der Waals surface area contributed by atoms with Crippen molar-refractivity contribution in [2.24, 2.45) is 0 Å². The average Bonchev–Trinajstić information content (AvgIpc) is 3.25. The fourth-order valence-electron chi connectivity index (χ4n) is 3.02.